The van der Waals surface area contributed by atoms with Gasteiger partial charge >= 0.3 is 0 Å². The zero-order chi connectivity index (χ0) is 11.5. The van der Waals surface area contributed by atoms with E-state index >= 15 is 0 Å². The predicted molar refractivity (Wildman–Crippen MR) is 65.5 cm³/mol. The molecule has 2 rings (SSSR count). The molecule has 0 unspecified atom stereocenters. The van der Waals surface area contributed by atoms with E-state index in [1.807, 2.05) is 42.6 Å². The molecule has 0 aliphatic rings. The van der Waals surface area contributed by atoms with Crippen molar-refractivity contribution < 1.29 is 9.53 Å². The second-order valence-corrected chi connectivity index (χ2v) is 4.46. The first-order chi connectivity index (χ1) is 7.72. The van der Waals surface area contributed by atoms with Gasteiger partial charge in [-0.05, 0) is 36.1 Å². The lowest BCUT2D eigenvalue weighted by molar-refractivity contribution is 0.103. The number of aryl methyl sites for hydroxylation is 1. The molecule has 3 heteroatoms. The van der Waals surface area contributed by atoms with E-state index in [1.165, 1.54) is 11.3 Å². The molecule has 0 saturated heterocycles. The molecular weight excluding hydrogens is 220 g/mol. The van der Waals surface area contributed by atoms with E-state index in [-0.39, 0.29) is 5.78 Å². The summed E-state index contributed by atoms with van der Waals surface area (Å²) in [6.45, 7) is 1.97. The van der Waals surface area contributed by atoms with Gasteiger partial charge in [0.25, 0.3) is 0 Å². The molecule has 2 nitrogen and oxygen atoms in total. The molecule has 1 aromatic carbocycles. The average molecular weight is 232 g/mol. The Morgan fingerprint density at radius 2 is 2.12 bits per heavy atom. The van der Waals surface area contributed by atoms with Crippen molar-refractivity contribution in [1.82, 2.24) is 0 Å². The van der Waals surface area contributed by atoms with Gasteiger partial charge in [0.15, 0.2) is 0 Å². The van der Waals surface area contributed by atoms with Gasteiger partial charge in [-0.3, -0.25) is 4.79 Å². The number of benzene rings is 1. The molecule has 2 aromatic rings. The summed E-state index contributed by atoms with van der Waals surface area (Å²) in [6.07, 6.45) is 0. The molecule has 0 bridgehead atoms. The van der Waals surface area contributed by atoms with Crippen LogP contribution in [0.5, 0.6) is 5.75 Å². The summed E-state index contributed by atoms with van der Waals surface area (Å²) in [6, 6.07) is 9.31. The largest absolute Gasteiger partial charge is 0.496 e. The van der Waals surface area contributed by atoms with Gasteiger partial charge in [0.05, 0.1) is 17.6 Å². The van der Waals surface area contributed by atoms with Crippen LogP contribution in [0, 0.1) is 6.92 Å². The van der Waals surface area contributed by atoms with Gasteiger partial charge in [0.2, 0.25) is 5.78 Å². The van der Waals surface area contributed by atoms with Crippen LogP contribution in [-0.4, -0.2) is 12.9 Å². The maximum atomic E-state index is 12.1. The third-order valence-corrected chi connectivity index (χ3v) is 3.22. The number of hydrogen-bond acceptors (Lipinski definition) is 3. The Morgan fingerprint density at radius 1 is 1.31 bits per heavy atom. The number of ether oxygens (including phenoxy) is 1. The van der Waals surface area contributed by atoms with Crippen LogP contribution >= 0.6 is 11.3 Å². The van der Waals surface area contributed by atoms with E-state index in [4.69, 9.17) is 4.74 Å². The monoisotopic (exact) mass is 232 g/mol. The third-order valence-electron chi connectivity index (χ3n) is 2.35. The molecule has 0 aliphatic carbocycles. The molecule has 16 heavy (non-hydrogen) atoms. The number of carbonyl (C=O) groups is 1. The average Bonchev–Trinajstić information content (AvgIpc) is 2.81. The summed E-state index contributed by atoms with van der Waals surface area (Å²) in [5.74, 6) is 0.658. The fourth-order valence-electron chi connectivity index (χ4n) is 1.53. The van der Waals surface area contributed by atoms with Gasteiger partial charge in [-0.25, -0.2) is 0 Å². The normalized spacial score (nSPS) is 10.1. The number of carbonyl (C=O) groups excluding carboxylic acids is 1. The van der Waals surface area contributed by atoms with Crippen LogP contribution in [0.15, 0.2) is 35.7 Å². The van der Waals surface area contributed by atoms with Gasteiger partial charge in [0, 0.05) is 0 Å². The minimum atomic E-state index is 0.0202. The molecular formula is C13H12O2S. The number of rotatable bonds is 3. The van der Waals surface area contributed by atoms with E-state index < -0.39 is 0 Å². The van der Waals surface area contributed by atoms with E-state index in [0.717, 1.165) is 10.4 Å². The third kappa shape index (κ3) is 1.99. The lowest BCUT2D eigenvalue weighted by Gasteiger charge is -2.07. The minimum absolute atomic E-state index is 0.0202. The molecule has 82 valence electrons. The quantitative estimate of drug-likeness (QED) is 0.759. The van der Waals surface area contributed by atoms with Crippen molar-refractivity contribution >= 4 is 17.1 Å². The van der Waals surface area contributed by atoms with Crippen molar-refractivity contribution in [3.8, 4) is 5.75 Å². The van der Waals surface area contributed by atoms with Crippen molar-refractivity contribution in [2.45, 2.75) is 6.92 Å². The van der Waals surface area contributed by atoms with Crippen LogP contribution < -0.4 is 4.74 Å². The van der Waals surface area contributed by atoms with Crippen molar-refractivity contribution in [2.75, 3.05) is 7.11 Å². The zero-order valence-electron chi connectivity index (χ0n) is 9.19. The lowest BCUT2D eigenvalue weighted by Crippen LogP contribution is -2.02. The van der Waals surface area contributed by atoms with Gasteiger partial charge in [0.1, 0.15) is 5.75 Å². The summed E-state index contributed by atoms with van der Waals surface area (Å²) in [5, 5.41) is 1.90. The maximum Gasteiger partial charge on any atom is 0.206 e. The highest BCUT2D eigenvalue weighted by Crippen LogP contribution is 2.24. The second kappa shape index (κ2) is 4.49. The molecule has 0 radical (unpaired) electrons. The van der Waals surface area contributed by atoms with Gasteiger partial charge in [-0.2, -0.15) is 0 Å². The van der Waals surface area contributed by atoms with Crippen LogP contribution in [-0.2, 0) is 0 Å². The smallest absolute Gasteiger partial charge is 0.206 e. The summed E-state index contributed by atoms with van der Waals surface area (Å²) >= 11 is 1.44. The van der Waals surface area contributed by atoms with Gasteiger partial charge < -0.3 is 4.74 Å². The molecule has 0 fully saturated rings. The number of methoxy groups -OCH3 is 1. The Kier molecular flexibility index (Phi) is 3.06. The number of ketones is 1. The molecule has 0 amide bonds. The van der Waals surface area contributed by atoms with Crippen LogP contribution in [0.2, 0.25) is 0 Å². The Labute approximate surface area is 98.5 Å². The number of hydrogen-bond donors (Lipinski definition) is 0. The van der Waals surface area contributed by atoms with Gasteiger partial charge in [-0.15, -0.1) is 11.3 Å². The summed E-state index contributed by atoms with van der Waals surface area (Å²) in [7, 11) is 1.58. The number of thiophene rings is 1. The van der Waals surface area contributed by atoms with Crippen LogP contribution in [0.1, 0.15) is 20.8 Å². The van der Waals surface area contributed by atoms with E-state index in [0.29, 0.717) is 11.3 Å². The SMILES string of the molecule is COc1cc(C)ccc1C(=O)c1cccs1. The first kappa shape index (κ1) is 10.9. The zero-order valence-corrected chi connectivity index (χ0v) is 10.0. The van der Waals surface area contributed by atoms with Crippen molar-refractivity contribution in [1.29, 1.82) is 0 Å². The molecule has 0 N–H and O–H groups in total. The Balaban J connectivity index is 2.44. The summed E-state index contributed by atoms with van der Waals surface area (Å²) in [5.41, 5.74) is 1.70. The van der Waals surface area contributed by atoms with E-state index in [1.54, 1.807) is 7.11 Å². The topological polar surface area (TPSA) is 26.3 Å². The maximum absolute atomic E-state index is 12.1. The highest BCUT2D eigenvalue weighted by molar-refractivity contribution is 7.12. The van der Waals surface area contributed by atoms with Crippen molar-refractivity contribution in [2.24, 2.45) is 0 Å². The fourth-order valence-corrected chi connectivity index (χ4v) is 2.20. The molecule has 1 aromatic heterocycles. The molecule has 0 atom stereocenters. The standard InChI is InChI=1S/C13H12O2S/c1-9-5-6-10(11(8-9)15-2)13(14)12-4-3-7-16-12/h3-8H,1-2H3. The highest BCUT2D eigenvalue weighted by Gasteiger charge is 2.14. The second-order valence-electron chi connectivity index (χ2n) is 3.51. The van der Waals surface area contributed by atoms with Crippen LogP contribution in [0.4, 0.5) is 0 Å². The van der Waals surface area contributed by atoms with E-state index in [9.17, 15) is 4.79 Å². The first-order valence-electron chi connectivity index (χ1n) is 4.95. The highest BCUT2D eigenvalue weighted by atomic mass is 32.1. The minimum Gasteiger partial charge on any atom is -0.496 e. The molecule has 0 aliphatic heterocycles. The van der Waals surface area contributed by atoms with Crippen LogP contribution in [0.3, 0.4) is 0 Å². The van der Waals surface area contributed by atoms with Crippen molar-refractivity contribution in [3.63, 3.8) is 0 Å². The van der Waals surface area contributed by atoms with Crippen molar-refractivity contribution in [3.05, 3.63) is 51.7 Å². The van der Waals surface area contributed by atoms with E-state index in [2.05, 4.69) is 0 Å². The fraction of sp³-hybridized carbons (Fsp3) is 0.154. The first-order valence-corrected chi connectivity index (χ1v) is 5.83. The summed E-state index contributed by atoms with van der Waals surface area (Å²) in [4.78, 5) is 12.9. The molecule has 0 spiro atoms. The van der Waals surface area contributed by atoms with Crippen LogP contribution in [0.25, 0.3) is 0 Å². The lowest BCUT2D eigenvalue weighted by atomic mass is 10.1. The Hall–Kier alpha value is -1.61. The summed E-state index contributed by atoms with van der Waals surface area (Å²) < 4.78 is 5.23. The Morgan fingerprint density at radius 3 is 2.75 bits per heavy atom. The molecule has 1 heterocycles. The van der Waals surface area contributed by atoms with Gasteiger partial charge in [-0.1, -0.05) is 12.1 Å². The predicted octanol–water partition coefficient (Wildman–Crippen LogP) is 3.30. The Bertz CT molecular complexity index is 501. The molecule has 0 saturated carbocycles.